The number of hydrogen-bond donors (Lipinski definition) is 0. The van der Waals surface area contributed by atoms with E-state index in [0.29, 0.717) is 6.42 Å². The predicted octanol–water partition coefficient (Wildman–Crippen LogP) is 2.04. The zero-order valence-corrected chi connectivity index (χ0v) is 5.92. The van der Waals surface area contributed by atoms with Gasteiger partial charge in [-0.25, -0.2) is 0 Å². The minimum absolute atomic E-state index is 0.535. The molecular formula is C8H9NO. The van der Waals surface area contributed by atoms with Crippen molar-refractivity contribution < 1.29 is 4.42 Å². The van der Waals surface area contributed by atoms with Crippen molar-refractivity contribution in [2.45, 2.75) is 19.8 Å². The molecule has 1 aromatic rings. The van der Waals surface area contributed by atoms with Crippen molar-refractivity contribution in [3.63, 3.8) is 0 Å². The third-order valence-electron chi connectivity index (χ3n) is 1.28. The summed E-state index contributed by atoms with van der Waals surface area (Å²) in [5.74, 6) is 1.81. The van der Waals surface area contributed by atoms with Gasteiger partial charge in [0.2, 0.25) is 0 Å². The first kappa shape index (κ1) is 6.88. The zero-order chi connectivity index (χ0) is 7.40. The smallest absolute Gasteiger partial charge is 0.105 e. The Kier molecular flexibility index (Phi) is 2.11. The molecule has 0 aliphatic carbocycles. The highest BCUT2D eigenvalue weighted by atomic mass is 16.3. The Hall–Kier alpha value is -1.23. The highest BCUT2D eigenvalue weighted by Crippen LogP contribution is 2.07. The van der Waals surface area contributed by atoms with Gasteiger partial charge in [-0.3, -0.25) is 0 Å². The quantitative estimate of drug-likeness (QED) is 0.622. The fourth-order valence-electron chi connectivity index (χ4n) is 0.799. The summed E-state index contributed by atoms with van der Waals surface area (Å²) in [7, 11) is 0. The topological polar surface area (TPSA) is 36.9 Å². The Bertz CT molecular complexity index is 244. The fraction of sp³-hybridized carbons (Fsp3) is 0.375. The van der Waals surface area contributed by atoms with Crippen LogP contribution in [0.1, 0.15) is 17.9 Å². The van der Waals surface area contributed by atoms with E-state index in [-0.39, 0.29) is 0 Å². The van der Waals surface area contributed by atoms with Crippen LogP contribution in [0.2, 0.25) is 0 Å². The molecule has 0 aliphatic heterocycles. The van der Waals surface area contributed by atoms with Gasteiger partial charge >= 0.3 is 0 Å². The Morgan fingerprint density at radius 2 is 2.40 bits per heavy atom. The van der Waals surface area contributed by atoms with Crippen molar-refractivity contribution in [1.29, 1.82) is 5.26 Å². The van der Waals surface area contributed by atoms with E-state index in [1.54, 1.807) is 0 Å². The van der Waals surface area contributed by atoms with Crippen molar-refractivity contribution in [2.24, 2.45) is 0 Å². The summed E-state index contributed by atoms with van der Waals surface area (Å²) in [6.45, 7) is 1.90. The largest absolute Gasteiger partial charge is 0.466 e. The number of rotatable bonds is 2. The van der Waals surface area contributed by atoms with Crippen LogP contribution in [0.4, 0.5) is 0 Å². The van der Waals surface area contributed by atoms with Gasteiger partial charge in [-0.15, -0.1) is 0 Å². The Morgan fingerprint density at radius 3 is 2.90 bits per heavy atom. The van der Waals surface area contributed by atoms with Gasteiger partial charge in [0.05, 0.1) is 6.07 Å². The van der Waals surface area contributed by atoms with Gasteiger partial charge in [-0.1, -0.05) is 0 Å². The molecule has 2 heteroatoms. The molecule has 0 amide bonds. The van der Waals surface area contributed by atoms with E-state index in [2.05, 4.69) is 6.07 Å². The molecule has 1 rings (SSSR count). The maximum atomic E-state index is 8.24. The maximum Gasteiger partial charge on any atom is 0.105 e. The molecule has 0 unspecified atom stereocenters. The van der Waals surface area contributed by atoms with Crippen LogP contribution in [-0.4, -0.2) is 0 Å². The van der Waals surface area contributed by atoms with E-state index in [0.717, 1.165) is 17.9 Å². The average molecular weight is 135 g/mol. The molecule has 0 saturated carbocycles. The summed E-state index contributed by atoms with van der Waals surface area (Å²) in [6.07, 6.45) is 1.26. The molecule has 0 aliphatic rings. The monoisotopic (exact) mass is 135 g/mol. The van der Waals surface area contributed by atoms with E-state index in [1.807, 2.05) is 19.1 Å². The van der Waals surface area contributed by atoms with Crippen molar-refractivity contribution in [3.05, 3.63) is 23.7 Å². The van der Waals surface area contributed by atoms with Crippen molar-refractivity contribution in [1.82, 2.24) is 0 Å². The van der Waals surface area contributed by atoms with Crippen LogP contribution in [-0.2, 0) is 6.42 Å². The normalized spacial score (nSPS) is 9.20. The molecule has 0 bridgehead atoms. The fourth-order valence-corrected chi connectivity index (χ4v) is 0.799. The SMILES string of the molecule is Cc1ccc(CCC#N)o1. The molecule has 0 atom stereocenters. The summed E-state index contributed by atoms with van der Waals surface area (Å²) in [5, 5.41) is 8.24. The summed E-state index contributed by atoms with van der Waals surface area (Å²) in [6, 6.07) is 5.88. The molecule has 1 heterocycles. The molecule has 0 spiro atoms. The number of nitriles is 1. The first-order chi connectivity index (χ1) is 4.83. The molecule has 52 valence electrons. The van der Waals surface area contributed by atoms with Gasteiger partial charge in [-0.05, 0) is 19.1 Å². The van der Waals surface area contributed by atoms with Gasteiger partial charge < -0.3 is 4.42 Å². The third kappa shape index (κ3) is 1.63. The minimum Gasteiger partial charge on any atom is -0.466 e. The first-order valence-electron chi connectivity index (χ1n) is 3.25. The lowest BCUT2D eigenvalue weighted by atomic mass is 10.3. The first-order valence-corrected chi connectivity index (χ1v) is 3.25. The minimum atomic E-state index is 0.535. The molecule has 2 nitrogen and oxygen atoms in total. The van der Waals surface area contributed by atoms with E-state index in [4.69, 9.17) is 9.68 Å². The number of nitrogens with zero attached hydrogens (tertiary/aromatic N) is 1. The Labute approximate surface area is 60.1 Å². The van der Waals surface area contributed by atoms with Crippen LogP contribution in [0.25, 0.3) is 0 Å². The highest BCUT2D eigenvalue weighted by molar-refractivity contribution is 5.06. The van der Waals surface area contributed by atoms with Crippen LogP contribution in [0.5, 0.6) is 0 Å². The van der Waals surface area contributed by atoms with E-state index >= 15 is 0 Å². The maximum absolute atomic E-state index is 8.24. The summed E-state index contributed by atoms with van der Waals surface area (Å²) < 4.78 is 5.23. The highest BCUT2D eigenvalue weighted by Gasteiger charge is 1.95. The van der Waals surface area contributed by atoms with Crippen molar-refractivity contribution in [2.75, 3.05) is 0 Å². The molecule has 10 heavy (non-hydrogen) atoms. The van der Waals surface area contributed by atoms with Crippen LogP contribution in [0, 0.1) is 18.3 Å². The van der Waals surface area contributed by atoms with Gasteiger partial charge in [0.25, 0.3) is 0 Å². The van der Waals surface area contributed by atoms with Gasteiger partial charge in [-0.2, -0.15) is 5.26 Å². The van der Waals surface area contributed by atoms with Crippen LogP contribution < -0.4 is 0 Å². The Balaban J connectivity index is 2.52. The molecule has 0 saturated heterocycles. The molecule has 0 fully saturated rings. The Morgan fingerprint density at radius 1 is 1.60 bits per heavy atom. The van der Waals surface area contributed by atoms with E-state index < -0.39 is 0 Å². The second kappa shape index (κ2) is 3.07. The number of hydrogen-bond acceptors (Lipinski definition) is 2. The molecule has 0 aromatic carbocycles. The van der Waals surface area contributed by atoms with Crippen molar-refractivity contribution >= 4 is 0 Å². The van der Waals surface area contributed by atoms with Crippen molar-refractivity contribution in [3.8, 4) is 6.07 Å². The number of furan rings is 1. The van der Waals surface area contributed by atoms with E-state index in [1.165, 1.54) is 0 Å². The lowest BCUT2D eigenvalue weighted by Crippen LogP contribution is -1.76. The predicted molar refractivity (Wildman–Crippen MR) is 37.4 cm³/mol. The molecule has 0 radical (unpaired) electrons. The van der Waals surface area contributed by atoms with Crippen LogP contribution in [0.15, 0.2) is 16.5 Å². The lowest BCUT2D eigenvalue weighted by Gasteiger charge is -1.86. The second-order valence-electron chi connectivity index (χ2n) is 2.17. The molecule has 1 aromatic heterocycles. The summed E-state index contributed by atoms with van der Waals surface area (Å²) in [5.41, 5.74) is 0. The standard InChI is InChI=1S/C8H9NO/c1-7-4-5-8(10-7)3-2-6-9/h4-5H,2-3H2,1H3. The van der Waals surface area contributed by atoms with Gasteiger partial charge in [0.1, 0.15) is 11.5 Å². The molecular weight excluding hydrogens is 126 g/mol. The summed E-state index contributed by atoms with van der Waals surface area (Å²) in [4.78, 5) is 0. The lowest BCUT2D eigenvalue weighted by molar-refractivity contribution is 0.484. The van der Waals surface area contributed by atoms with Gasteiger partial charge in [0, 0.05) is 12.8 Å². The second-order valence-corrected chi connectivity index (χ2v) is 2.17. The zero-order valence-electron chi connectivity index (χ0n) is 5.92. The van der Waals surface area contributed by atoms with Crippen LogP contribution in [0.3, 0.4) is 0 Å². The molecule has 0 N–H and O–H groups in total. The third-order valence-corrected chi connectivity index (χ3v) is 1.28. The van der Waals surface area contributed by atoms with Crippen LogP contribution >= 0.6 is 0 Å². The van der Waals surface area contributed by atoms with Gasteiger partial charge in [0.15, 0.2) is 0 Å². The summed E-state index contributed by atoms with van der Waals surface area (Å²) >= 11 is 0. The average Bonchev–Trinajstić information content (AvgIpc) is 2.31. The number of aryl methyl sites for hydroxylation is 2. The van der Waals surface area contributed by atoms with E-state index in [9.17, 15) is 0 Å².